The zero-order chi connectivity index (χ0) is 24.7. The van der Waals surface area contributed by atoms with Crippen molar-refractivity contribution < 1.29 is 14.7 Å². The van der Waals surface area contributed by atoms with Crippen molar-refractivity contribution in [3.05, 3.63) is 35.4 Å². The Hall–Kier alpha value is -2.37. The summed E-state index contributed by atoms with van der Waals surface area (Å²) in [6.45, 7) is 13.2. The van der Waals surface area contributed by atoms with E-state index in [1.165, 1.54) is 0 Å². The molecular weight excluding hydrogens is 426 g/mol. The summed E-state index contributed by atoms with van der Waals surface area (Å²) >= 11 is 0. The van der Waals surface area contributed by atoms with Crippen molar-refractivity contribution >= 4 is 17.7 Å². The molecule has 1 saturated heterocycles. The number of amides is 1. The second-order valence-corrected chi connectivity index (χ2v) is 12.0. The highest BCUT2D eigenvalue weighted by Gasteiger charge is 2.53. The molecule has 1 N–H and O–H groups in total. The van der Waals surface area contributed by atoms with Crippen LogP contribution in [0.15, 0.2) is 29.3 Å². The molecule has 2 heterocycles. The molecule has 2 fully saturated rings. The van der Waals surface area contributed by atoms with Crippen molar-refractivity contribution in [2.75, 3.05) is 13.1 Å². The number of carboxylic acid groups (broad SMARTS) is 1. The van der Waals surface area contributed by atoms with Crippen LogP contribution in [0.5, 0.6) is 0 Å². The molecule has 1 aromatic carbocycles. The maximum atomic E-state index is 14.0. The lowest BCUT2D eigenvalue weighted by Crippen LogP contribution is -2.53. The Bertz CT molecular complexity index is 933. The number of aromatic carboxylic acids is 1. The van der Waals surface area contributed by atoms with E-state index in [1.807, 2.05) is 12.1 Å². The van der Waals surface area contributed by atoms with E-state index in [4.69, 9.17) is 4.99 Å². The van der Waals surface area contributed by atoms with Crippen molar-refractivity contribution in [3.8, 4) is 0 Å². The van der Waals surface area contributed by atoms with Crippen molar-refractivity contribution in [2.45, 2.75) is 91.3 Å². The van der Waals surface area contributed by atoms with E-state index in [0.29, 0.717) is 17.7 Å². The van der Waals surface area contributed by atoms with Crippen LogP contribution in [0.4, 0.5) is 0 Å². The largest absolute Gasteiger partial charge is 0.478 e. The average Bonchev–Trinajstić information content (AvgIpc) is 2.99. The lowest BCUT2D eigenvalue weighted by Gasteiger charge is -2.47. The zero-order valence-corrected chi connectivity index (χ0v) is 21.5. The number of amidine groups is 1. The normalized spacial score (nSPS) is 26.1. The number of aliphatic imine (C=N–C) groups is 1. The molecule has 3 aliphatic rings. The summed E-state index contributed by atoms with van der Waals surface area (Å²) in [4.78, 5) is 34.9. The van der Waals surface area contributed by atoms with Gasteiger partial charge in [0.2, 0.25) is 0 Å². The van der Waals surface area contributed by atoms with Gasteiger partial charge in [-0.2, -0.15) is 0 Å². The number of likely N-dealkylation sites (tertiary alicyclic amines) is 1. The summed E-state index contributed by atoms with van der Waals surface area (Å²) in [5, 5.41) is 9.37. The Morgan fingerprint density at radius 3 is 2.21 bits per heavy atom. The molecule has 6 heteroatoms. The van der Waals surface area contributed by atoms with Crippen LogP contribution in [-0.4, -0.2) is 51.4 Å². The number of benzene rings is 1. The van der Waals surface area contributed by atoms with Gasteiger partial charge in [-0.3, -0.25) is 4.79 Å². The summed E-state index contributed by atoms with van der Waals surface area (Å²) in [5.41, 5.74) is 1.05. The van der Waals surface area contributed by atoms with Gasteiger partial charge in [0.1, 0.15) is 5.66 Å². The number of carbonyl (C=O) groups is 2. The third kappa shape index (κ3) is 4.73. The van der Waals surface area contributed by atoms with E-state index in [0.717, 1.165) is 63.6 Å². The zero-order valence-electron chi connectivity index (χ0n) is 21.5. The SMILES string of the molecule is CC(C)CC[C@H](c1ccc(C(=O)O)cc1)N1C(=O)C(N2CCC2)=NC12CCC(C(C)(C)C)CC2. The third-order valence-electron chi connectivity index (χ3n) is 8.21. The second kappa shape index (κ2) is 9.35. The minimum absolute atomic E-state index is 0.0602. The summed E-state index contributed by atoms with van der Waals surface area (Å²) in [7, 11) is 0. The Morgan fingerprint density at radius 1 is 1.12 bits per heavy atom. The summed E-state index contributed by atoms with van der Waals surface area (Å²) in [6.07, 6.45) is 6.88. The molecule has 6 nitrogen and oxygen atoms in total. The quantitative estimate of drug-likeness (QED) is 0.579. The molecule has 1 atom stereocenters. The van der Waals surface area contributed by atoms with Crippen LogP contribution in [0, 0.1) is 17.3 Å². The molecule has 1 amide bonds. The average molecular weight is 468 g/mol. The number of hydrogen-bond acceptors (Lipinski definition) is 4. The van der Waals surface area contributed by atoms with Crippen LogP contribution in [0.1, 0.15) is 102 Å². The number of hydrogen-bond donors (Lipinski definition) is 1. The molecule has 0 radical (unpaired) electrons. The van der Waals surface area contributed by atoms with Crippen LogP contribution < -0.4 is 0 Å². The summed E-state index contributed by atoms with van der Waals surface area (Å²) in [5.74, 6) is 0.925. The molecule has 4 rings (SSSR count). The van der Waals surface area contributed by atoms with Crippen molar-refractivity contribution in [1.82, 2.24) is 9.80 Å². The van der Waals surface area contributed by atoms with E-state index in [1.54, 1.807) is 12.1 Å². The van der Waals surface area contributed by atoms with Crippen LogP contribution in [0.2, 0.25) is 0 Å². The van der Waals surface area contributed by atoms with Gasteiger partial charge in [-0.05, 0) is 79.9 Å². The van der Waals surface area contributed by atoms with Crippen molar-refractivity contribution in [1.29, 1.82) is 0 Å². The van der Waals surface area contributed by atoms with Crippen molar-refractivity contribution in [2.24, 2.45) is 22.2 Å². The number of nitrogens with zero attached hydrogens (tertiary/aromatic N) is 3. The fourth-order valence-electron chi connectivity index (χ4n) is 5.84. The van der Waals surface area contributed by atoms with E-state index in [2.05, 4.69) is 44.4 Å². The molecule has 1 aromatic rings. The minimum Gasteiger partial charge on any atom is -0.478 e. The molecular formula is C28H41N3O3. The molecule has 1 saturated carbocycles. The fourth-order valence-corrected chi connectivity index (χ4v) is 5.84. The van der Waals surface area contributed by atoms with Gasteiger partial charge in [0.15, 0.2) is 5.84 Å². The van der Waals surface area contributed by atoms with E-state index in [9.17, 15) is 14.7 Å². The van der Waals surface area contributed by atoms with Gasteiger partial charge in [0.25, 0.3) is 5.91 Å². The molecule has 186 valence electrons. The first-order chi connectivity index (χ1) is 16.0. The summed E-state index contributed by atoms with van der Waals surface area (Å²) in [6, 6.07) is 7.03. The Balaban J connectivity index is 1.71. The van der Waals surface area contributed by atoms with Crippen LogP contribution in [0.3, 0.4) is 0 Å². The lowest BCUT2D eigenvalue weighted by molar-refractivity contribution is -0.134. The van der Waals surface area contributed by atoms with Gasteiger partial charge < -0.3 is 14.9 Å². The standard InChI is InChI=1S/C28H41N3O3/c1-19(2)7-12-23(20-8-10-21(11-9-20)26(33)34)31-25(32)24(30-17-6-18-30)29-28(31)15-13-22(14-16-28)27(3,4)5/h8-11,19,22-23H,6-7,12-18H2,1-5H3,(H,33,34)/t22?,23-,28?/m1/s1. The molecule has 1 aliphatic carbocycles. The molecule has 0 unspecified atom stereocenters. The van der Waals surface area contributed by atoms with Gasteiger partial charge in [-0.1, -0.05) is 46.8 Å². The van der Waals surface area contributed by atoms with Crippen LogP contribution >= 0.6 is 0 Å². The lowest BCUT2D eigenvalue weighted by atomic mass is 9.69. The predicted molar refractivity (Wildman–Crippen MR) is 135 cm³/mol. The Kier molecular flexibility index (Phi) is 6.80. The second-order valence-electron chi connectivity index (χ2n) is 12.0. The maximum Gasteiger partial charge on any atom is 0.335 e. The van der Waals surface area contributed by atoms with E-state index >= 15 is 0 Å². The van der Waals surface area contributed by atoms with E-state index in [-0.39, 0.29) is 22.9 Å². The van der Waals surface area contributed by atoms with Gasteiger partial charge in [0.05, 0.1) is 11.6 Å². The highest BCUT2D eigenvalue weighted by molar-refractivity contribution is 6.39. The Labute approximate surface area is 204 Å². The predicted octanol–water partition coefficient (Wildman–Crippen LogP) is 5.74. The smallest absolute Gasteiger partial charge is 0.335 e. The van der Waals surface area contributed by atoms with Gasteiger partial charge in [-0.25, -0.2) is 9.79 Å². The maximum absolute atomic E-state index is 14.0. The van der Waals surface area contributed by atoms with E-state index < -0.39 is 11.6 Å². The molecule has 34 heavy (non-hydrogen) atoms. The number of carbonyl (C=O) groups excluding carboxylic acids is 1. The topological polar surface area (TPSA) is 73.2 Å². The monoisotopic (exact) mass is 467 g/mol. The first-order valence-electron chi connectivity index (χ1n) is 13.0. The Morgan fingerprint density at radius 2 is 1.74 bits per heavy atom. The first kappa shape index (κ1) is 24.7. The molecule has 1 spiro atoms. The first-order valence-corrected chi connectivity index (χ1v) is 13.0. The molecule has 0 bridgehead atoms. The highest BCUT2D eigenvalue weighted by atomic mass is 16.4. The van der Waals surface area contributed by atoms with Crippen molar-refractivity contribution in [3.63, 3.8) is 0 Å². The van der Waals surface area contributed by atoms with Gasteiger partial charge in [-0.15, -0.1) is 0 Å². The number of rotatable bonds is 6. The third-order valence-corrected chi connectivity index (χ3v) is 8.21. The van der Waals surface area contributed by atoms with Gasteiger partial charge >= 0.3 is 5.97 Å². The molecule has 0 aromatic heterocycles. The minimum atomic E-state index is -0.928. The highest BCUT2D eigenvalue weighted by Crippen LogP contribution is 2.50. The molecule has 2 aliphatic heterocycles. The number of carboxylic acids is 1. The fraction of sp³-hybridized carbons (Fsp3) is 0.679. The van der Waals surface area contributed by atoms with Crippen LogP contribution in [0.25, 0.3) is 0 Å². The van der Waals surface area contributed by atoms with Crippen LogP contribution in [-0.2, 0) is 4.79 Å². The summed E-state index contributed by atoms with van der Waals surface area (Å²) < 4.78 is 0. The van der Waals surface area contributed by atoms with Gasteiger partial charge in [0, 0.05) is 13.1 Å².